The van der Waals surface area contributed by atoms with E-state index in [0.717, 1.165) is 10.0 Å². The Kier molecular flexibility index (Phi) is 2.49. The lowest BCUT2D eigenvalue weighted by Gasteiger charge is -1.99. The number of rotatable bonds is 2. The molecule has 0 saturated carbocycles. The van der Waals surface area contributed by atoms with Gasteiger partial charge in [0.15, 0.2) is 0 Å². The molecular formula is C9H7BrN2O2. The van der Waals surface area contributed by atoms with Gasteiger partial charge < -0.3 is 0 Å². The summed E-state index contributed by atoms with van der Waals surface area (Å²) in [5, 5.41) is 3.40. The highest BCUT2D eigenvalue weighted by atomic mass is 79.9. The molecule has 4 nitrogen and oxygen atoms in total. The van der Waals surface area contributed by atoms with E-state index in [9.17, 15) is 4.79 Å². The monoisotopic (exact) mass is 254 g/mol. The third-order valence-corrected chi connectivity index (χ3v) is 2.29. The Balaban J connectivity index is 2.27. The minimum absolute atomic E-state index is 0.440. The number of benzene rings is 1. The molecule has 2 rings (SSSR count). The summed E-state index contributed by atoms with van der Waals surface area (Å²) in [5.41, 5.74) is 1.02. The Morgan fingerprint density at radius 2 is 2.36 bits per heavy atom. The van der Waals surface area contributed by atoms with Crippen molar-refractivity contribution in [1.29, 1.82) is 0 Å². The highest BCUT2D eigenvalue weighted by molar-refractivity contribution is 9.10. The van der Waals surface area contributed by atoms with Gasteiger partial charge in [-0.2, -0.15) is 0 Å². The van der Waals surface area contributed by atoms with Gasteiger partial charge >= 0.3 is 5.76 Å². The van der Waals surface area contributed by atoms with E-state index >= 15 is 0 Å². The average molecular weight is 255 g/mol. The van der Waals surface area contributed by atoms with E-state index in [2.05, 4.69) is 25.6 Å². The Morgan fingerprint density at radius 1 is 1.50 bits per heavy atom. The second kappa shape index (κ2) is 3.79. The van der Waals surface area contributed by atoms with Gasteiger partial charge in [-0.15, -0.1) is 0 Å². The van der Waals surface area contributed by atoms with Crippen molar-refractivity contribution in [2.24, 2.45) is 0 Å². The van der Waals surface area contributed by atoms with Gasteiger partial charge in [0.25, 0.3) is 0 Å². The molecule has 0 aliphatic carbocycles. The normalized spacial score (nSPS) is 10.4. The second-order valence-corrected chi connectivity index (χ2v) is 3.75. The maximum Gasteiger partial charge on any atom is 0.441 e. The number of aromatic nitrogens is 2. The Morgan fingerprint density at radius 3 is 3.00 bits per heavy atom. The molecule has 1 aromatic heterocycles. The van der Waals surface area contributed by atoms with E-state index in [4.69, 9.17) is 0 Å². The standard InChI is InChI=1S/C9H7BrN2O2/c10-8-3-1-2-7(4-8)5-12-6-11-14-9(12)13/h1-4,6H,5H2. The Hall–Kier alpha value is -1.36. The highest BCUT2D eigenvalue weighted by Gasteiger charge is 2.00. The average Bonchev–Trinajstić information content (AvgIpc) is 2.52. The first-order chi connectivity index (χ1) is 6.75. The zero-order valence-corrected chi connectivity index (χ0v) is 8.77. The summed E-state index contributed by atoms with van der Waals surface area (Å²) in [6.07, 6.45) is 1.38. The molecule has 1 heterocycles. The molecule has 0 N–H and O–H groups in total. The molecule has 2 aromatic rings. The van der Waals surface area contributed by atoms with Crippen molar-refractivity contribution in [3.8, 4) is 0 Å². The van der Waals surface area contributed by atoms with Crippen LogP contribution in [0.4, 0.5) is 0 Å². The minimum atomic E-state index is -0.440. The fraction of sp³-hybridized carbons (Fsp3) is 0.111. The van der Waals surface area contributed by atoms with E-state index in [1.165, 1.54) is 10.9 Å². The van der Waals surface area contributed by atoms with Crippen LogP contribution in [-0.2, 0) is 6.54 Å². The summed E-state index contributed by atoms with van der Waals surface area (Å²) >= 11 is 3.36. The maximum atomic E-state index is 11.0. The number of hydrogen-bond donors (Lipinski definition) is 0. The van der Waals surface area contributed by atoms with Crippen LogP contribution in [-0.4, -0.2) is 9.72 Å². The Bertz CT molecular complexity index is 489. The van der Waals surface area contributed by atoms with Gasteiger partial charge in [-0.1, -0.05) is 33.2 Å². The molecule has 0 fully saturated rings. The van der Waals surface area contributed by atoms with Crippen LogP contribution in [0.25, 0.3) is 0 Å². The van der Waals surface area contributed by atoms with Gasteiger partial charge in [0, 0.05) is 4.47 Å². The molecule has 0 unspecified atom stereocenters. The van der Waals surface area contributed by atoms with Crippen molar-refractivity contribution in [3.63, 3.8) is 0 Å². The van der Waals surface area contributed by atoms with Gasteiger partial charge in [0.2, 0.25) is 0 Å². The molecular weight excluding hydrogens is 248 g/mol. The molecule has 0 aliphatic heterocycles. The molecule has 14 heavy (non-hydrogen) atoms. The number of halogens is 1. The predicted octanol–water partition coefficient (Wildman–Crippen LogP) is 1.65. The van der Waals surface area contributed by atoms with E-state index in [0.29, 0.717) is 6.54 Å². The molecule has 0 amide bonds. The summed E-state index contributed by atoms with van der Waals surface area (Å²) in [7, 11) is 0. The third-order valence-electron chi connectivity index (χ3n) is 1.79. The van der Waals surface area contributed by atoms with Crippen LogP contribution in [0.5, 0.6) is 0 Å². The molecule has 0 radical (unpaired) electrons. The molecule has 0 bridgehead atoms. The van der Waals surface area contributed by atoms with Gasteiger partial charge in [-0.25, -0.2) is 4.79 Å². The van der Waals surface area contributed by atoms with Gasteiger partial charge in [0.1, 0.15) is 6.33 Å². The topological polar surface area (TPSA) is 48.0 Å². The largest absolute Gasteiger partial charge is 0.441 e. The molecule has 0 atom stereocenters. The van der Waals surface area contributed by atoms with Crippen LogP contribution < -0.4 is 5.76 Å². The van der Waals surface area contributed by atoms with E-state index < -0.39 is 5.76 Å². The van der Waals surface area contributed by atoms with Gasteiger partial charge in [-0.3, -0.25) is 9.09 Å². The van der Waals surface area contributed by atoms with Crippen molar-refractivity contribution in [2.75, 3.05) is 0 Å². The SMILES string of the molecule is O=c1oncn1Cc1cccc(Br)c1. The van der Waals surface area contributed by atoms with Crippen molar-refractivity contribution >= 4 is 15.9 Å². The zero-order chi connectivity index (χ0) is 9.97. The van der Waals surface area contributed by atoms with Crippen molar-refractivity contribution < 1.29 is 4.52 Å². The van der Waals surface area contributed by atoms with Crippen LogP contribution in [0.1, 0.15) is 5.56 Å². The van der Waals surface area contributed by atoms with E-state index in [-0.39, 0.29) is 0 Å². The van der Waals surface area contributed by atoms with Crippen molar-refractivity contribution in [3.05, 3.63) is 51.2 Å². The molecule has 0 spiro atoms. The first kappa shape index (κ1) is 9.21. The van der Waals surface area contributed by atoms with Crippen LogP contribution in [0.15, 0.2) is 44.4 Å². The quantitative estimate of drug-likeness (QED) is 0.819. The van der Waals surface area contributed by atoms with Crippen LogP contribution in [0, 0.1) is 0 Å². The maximum absolute atomic E-state index is 11.0. The lowest BCUT2D eigenvalue weighted by molar-refractivity contribution is 0.377. The lowest BCUT2D eigenvalue weighted by atomic mass is 10.2. The smallest absolute Gasteiger partial charge is 0.296 e. The molecule has 0 saturated heterocycles. The summed E-state index contributed by atoms with van der Waals surface area (Å²) in [6, 6.07) is 7.72. The van der Waals surface area contributed by atoms with Crippen LogP contribution in [0.2, 0.25) is 0 Å². The first-order valence-corrected chi connectivity index (χ1v) is 4.80. The lowest BCUT2D eigenvalue weighted by Crippen LogP contribution is -2.13. The molecule has 72 valence electrons. The van der Waals surface area contributed by atoms with Crippen LogP contribution >= 0.6 is 15.9 Å². The van der Waals surface area contributed by atoms with E-state index in [1.54, 1.807) is 0 Å². The van der Waals surface area contributed by atoms with Gasteiger partial charge in [-0.05, 0) is 17.7 Å². The zero-order valence-electron chi connectivity index (χ0n) is 7.18. The fourth-order valence-corrected chi connectivity index (χ4v) is 1.61. The summed E-state index contributed by atoms with van der Waals surface area (Å²) < 4.78 is 6.80. The summed E-state index contributed by atoms with van der Waals surface area (Å²) in [4.78, 5) is 11.0. The van der Waals surface area contributed by atoms with Crippen molar-refractivity contribution in [1.82, 2.24) is 9.72 Å². The molecule has 5 heteroatoms. The highest BCUT2D eigenvalue weighted by Crippen LogP contribution is 2.11. The predicted molar refractivity (Wildman–Crippen MR) is 54.0 cm³/mol. The first-order valence-electron chi connectivity index (χ1n) is 4.01. The third kappa shape index (κ3) is 1.93. The molecule has 0 aliphatic rings. The number of hydrogen-bond acceptors (Lipinski definition) is 3. The fourth-order valence-electron chi connectivity index (χ4n) is 1.16. The van der Waals surface area contributed by atoms with Crippen LogP contribution in [0.3, 0.4) is 0 Å². The van der Waals surface area contributed by atoms with Crippen molar-refractivity contribution in [2.45, 2.75) is 6.54 Å². The number of nitrogens with zero attached hydrogens (tertiary/aromatic N) is 2. The van der Waals surface area contributed by atoms with Gasteiger partial charge in [0.05, 0.1) is 6.54 Å². The second-order valence-electron chi connectivity index (χ2n) is 2.84. The molecule has 1 aromatic carbocycles. The minimum Gasteiger partial charge on any atom is -0.296 e. The van der Waals surface area contributed by atoms with E-state index in [1.807, 2.05) is 24.3 Å². The summed E-state index contributed by atoms with van der Waals surface area (Å²) in [6.45, 7) is 0.474. The Labute approximate surface area is 88.3 Å². The summed E-state index contributed by atoms with van der Waals surface area (Å²) in [5.74, 6) is -0.440.